The number of halogens is 1. The Balaban J connectivity index is 2.40. The Kier molecular flexibility index (Phi) is 3.16. The highest BCUT2D eigenvalue weighted by atomic mass is 19.1. The van der Waals surface area contributed by atoms with Crippen molar-refractivity contribution in [2.75, 3.05) is 0 Å². The van der Waals surface area contributed by atoms with Crippen LogP contribution in [-0.4, -0.2) is 9.38 Å². The van der Waals surface area contributed by atoms with Gasteiger partial charge in [0.25, 0.3) is 0 Å². The highest BCUT2D eigenvalue weighted by Gasteiger charge is 2.18. The summed E-state index contributed by atoms with van der Waals surface area (Å²) in [5.74, 6) is -0.325. The Morgan fingerprint density at radius 3 is 2.81 bits per heavy atom. The first-order chi connectivity index (χ1) is 10.1. The first-order valence-electron chi connectivity index (χ1n) is 6.54. The van der Waals surface area contributed by atoms with E-state index in [1.54, 1.807) is 34.9 Å². The number of benzene rings is 1. The SMILES string of the molecule is CC(N)c1nc2c(C#N)cccn2c1-c1cccc(F)c1. The third kappa shape index (κ3) is 2.16. The van der Waals surface area contributed by atoms with Gasteiger partial charge in [0.15, 0.2) is 5.65 Å². The molecule has 104 valence electrons. The fourth-order valence-corrected chi connectivity index (χ4v) is 2.41. The number of fused-ring (bicyclic) bond motifs is 1. The van der Waals surface area contributed by atoms with Crippen LogP contribution in [0.15, 0.2) is 42.6 Å². The zero-order valence-corrected chi connectivity index (χ0v) is 11.4. The lowest BCUT2D eigenvalue weighted by Gasteiger charge is -2.08. The lowest BCUT2D eigenvalue weighted by atomic mass is 10.1. The number of nitriles is 1. The Bertz CT molecular complexity index is 858. The third-order valence-electron chi connectivity index (χ3n) is 3.33. The molecule has 1 atom stereocenters. The maximum absolute atomic E-state index is 13.5. The van der Waals surface area contributed by atoms with Gasteiger partial charge in [-0.05, 0) is 31.2 Å². The molecule has 0 fully saturated rings. The minimum Gasteiger partial charge on any atom is -0.323 e. The summed E-state index contributed by atoms with van der Waals surface area (Å²) in [6, 6.07) is 11.5. The van der Waals surface area contributed by atoms with Gasteiger partial charge in [0.1, 0.15) is 11.9 Å². The fraction of sp³-hybridized carbons (Fsp3) is 0.125. The summed E-state index contributed by atoms with van der Waals surface area (Å²) in [5.41, 5.74) is 9.03. The topological polar surface area (TPSA) is 67.1 Å². The highest BCUT2D eigenvalue weighted by Crippen LogP contribution is 2.29. The van der Waals surface area contributed by atoms with E-state index in [1.807, 2.05) is 6.92 Å². The maximum atomic E-state index is 13.5. The number of pyridine rings is 1. The molecule has 2 heterocycles. The number of hydrogen-bond acceptors (Lipinski definition) is 3. The van der Waals surface area contributed by atoms with Gasteiger partial charge in [-0.1, -0.05) is 12.1 Å². The van der Waals surface area contributed by atoms with Crippen molar-refractivity contribution < 1.29 is 4.39 Å². The van der Waals surface area contributed by atoms with Crippen molar-refractivity contribution >= 4 is 5.65 Å². The molecular formula is C16H13FN4. The van der Waals surface area contributed by atoms with Gasteiger partial charge >= 0.3 is 0 Å². The smallest absolute Gasteiger partial charge is 0.155 e. The summed E-state index contributed by atoms with van der Waals surface area (Å²) in [7, 11) is 0. The molecule has 0 saturated heterocycles. The first-order valence-corrected chi connectivity index (χ1v) is 6.54. The zero-order valence-electron chi connectivity index (χ0n) is 11.4. The number of nitrogens with two attached hydrogens (primary N) is 1. The summed E-state index contributed by atoms with van der Waals surface area (Å²) >= 11 is 0. The molecule has 0 aliphatic heterocycles. The van der Waals surface area contributed by atoms with Crippen LogP contribution in [0.25, 0.3) is 16.9 Å². The molecule has 4 nitrogen and oxygen atoms in total. The van der Waals surface area contributed by atoms with Crippen LogP contribution in [0.1, 0.15) is 24.2 Å². The van der Waals surface area contributed by atoms with E-state index in [-0.39, 0.29) is 11.9 Å². The largest absolute Gasteiger partial charge is 0.323 e. The van der Waals surface area contributed by atoms with E-state index < -0.39 is 0 Å². The second-order valence-corrected chi connectivity index (χ2v) is 4.87. The van der Waals surface area contributed by atoms with Gasteiger partial charge < -0.3 is 5.73 Å². The lowest BCUT2D eigenvalue weighted by Crippen LogP contribution is -2.07. The van der Waals surface area contributed by atoms with Crippen LogP contribution in [-0.2, 0) is 0 Å². The average Bonchev–Trinajstić information content (AvgIpc) is 2.86. The molecule has 0 aliphatic rings. The predicted octanol–water partition coefficient (Wildman–Crippen LogP) is 3.03. The van der Waals surface area contributed by atoms with Crippen LogP contribution in [0.3, 0.4) is 0 Å². The average molecular weight is 280 g/mol. The number of nitrogens with zero attached hydrogens (tertiary/aromatic N) is 3. The maximum Gasteiger partial charge on any atom is 0.155 e. The Morgan fingerprint density at radius 1 is 1.33 bits per heavy atom. The van der Waals surface area contributed by atoms with Gasteiger partial charge in [0.2, 0.25) is 0 Å². The molecule has 21 heavy (non-hydrogen) atoms. The third-order valence-corrected chi connectivity index (χ3v) is 3.33. The molecule has 2 aromatic heterocycles. The molecular weight excluding hydrogens is 267 g/mol. The Morgan fingerprint density at radius 2 is 2.14 bits per heavy atom. The molecule has 3 aromatic rings. The monoisotopic (exact) mass is 280 g/mol. The second-order valence-electron chi connectivity index (χ2n) is 4.87. The van der Waals surface area contributed by atoms with Gasteiger partial charge in [0.05, 0.1) is 17.0 Å². The van der Waals surface area contributed by atoms with Crippen LogP contribution < -0.4 is 5.73 Å². The molecule has 0 amide bonds. The van der Waals surface area contributed by atoms with Crippen LogP contribution in [0.5, 0.6) is 0 Å². The second kappa shape index (κ2) is 5.00. The minimum atomic E-state index is -0.325. The van der Waals surface area contributed by atoms with Gasteiger partial charge in [0, 0.05) is 17.8 Å². The fourth-order valence-electron chi connectivity index (χ4n) is 2.41. The normalized spacial score (nSPS) is 12.3. The van der Waals surface area contributed by atoms with E-state index in [1.165, 1.54) is 12.1 Å². The van der Waals surface area contributed by atoms with Gasteiger partial charge in [-0.25, -0.2) is 9.37 Å². The van der Waals surface area contributed by atoms with Gasteiger partial charge in [-0.2, -0.15) is 5.26 Å². The molecule has 1 unspecified atom stereocenters. The van der Waals surface area contributed by atoms with Crippen LogP contribution >= 0.6 is 0 Å². The van der Waals surface area contributed by atoms with Crippen LogP contribution in [0, 0.1) is 17.1 Å². The molecule has 3 rings (SSSR count). The summed E-state index contributed by atoms with van der Waals surface area (Å²) < 4.78 is 15.3. The number of rotatable bonds is 2. The van der Waals surface area contributed by atoms with Crippen molar-refractivity contribution in [1.29, 1.82) is 5.26 Å². The first kappa shape index (κ1) is 13.3. The molecule has 0 saturated carbocycles. The Labute approximate surface area is 121 Å². The molecule has 0 aliphatic carbocycles. The van der Waals surface area contributed by atoms with Gasteiger partial charge in [-0.15, -0.1) is 0 Å². The standard InChI is InChI=1S/C16H13FN4/c1-10(19)14-15(11-4-2-6-13(17)8-11)21-7-3-5-12(9-18)16(21)20-14/h2-8,10H,19H2,1H3. The zero-order chi connectivity index (χ0) is 15.0. The number of hydrogen-bond donors (Lipinski definition) is 1. The predicted molar refractivity (Wildman–Crippen MR) is 77.9 cm³/mol. The van der Waals surface area contributed by atoms with Crippen molar-refractivity contribution in [1.82, 2.24) is 9.38 Å². The van der Waals surface area contributed by atoms with Crippen molar-refractivity contribution in [3.63, 3.8) is 0 Å². The van der Waals surface area contributed by atoms with E-state index in [2.05, 4.69) is 11.1 Å². The molecule has 0 radical (unpaired) electrons. The van der Waals surface area contributed by atoms with E-state index in [0.717, 1.165) is 5.69 Å². The van der Waals surface area contributed by atoms with Crippen molar-refractivity contribution in [2.24, 2.45) is 5.73 Å². The van der Waals surface area contributed by atoms with Crippen LogP contribution in [0.2, 0.25) is 0 Å². The minimum absolute atomic E-state index is 0.324. The summed E-state index contributed by atoms with van der Waals surface area (Å²) in [6.45, 7) is 1.82. The van der Waals surface area contributed by atoms with Crippen molar-refractivity contribution in [3.8, 4) is 17.3 Å². The van der Waals surface area contributed by atoms with E-state index in [4.69, 9.17) is 5.73 Å². The molecule has 1 aromatic carbocycles. The summed E-state index contributed by atoms with van der Waals surface area (Å²) in [5, 5.41) is 9.19. The Hall–Kier alpha value is -2.71. The van der Waals surface area contributed by atoms with Crippen LogP contribution in [0.4, 0.5) is 4.39 Å². The summed E-state index contributed by atoms with van der Waals surface area (Å²) in [6.07, 6.45) is 1.80. The quantitative estimate of drug-likeness (QED) is 0.784. The molecule has 0 bridgehead atoms. The number of aromatic nitrogens is 2. The summed E-state index contributed by atoms with van der Waals surface area (Å²) in [4.78, 5) is 4.48. The van der Waals surface area contributed by atoms with E-state index in [0.29, 0.717) is 22.5 Å². The van der Waals surface area contributed by atoms with E-state index >= 15 is 0 Å². The highest BCUT2D eigenvalue weighted by molar-refractivity contribution is 5.70. The molecule has 0 spiro atoms. The van der Waals surface area contributed by atoms with E-state index in [9.17, 15) is 9.65 Å². The molecule has 2 N–H and O–H groups in total. The van der Waals surface area contributed by atoms with Gasteiger partial charge in [-0.3, -0.25) is 4.40 Å². The van der Waals surface area contributed by atoms with Crippen molar-refractivity contribution in [3.05, 3.63) is 59.7 Å². The molecule has 5 heteroatoms. The number of imidazole rings is 1. The lowest BCUT2D eigenvalue weighted by molar-refractivity contribution is 0.628. The van der Waals surface area contributed by atoms with Crippen molar-refractivity contribution in [2.45, 2.75) is 13.0 Å².